The summed E-state index contributed by atoms with van der Waals surface area (Å²) in [5.74, 6) is 0.818. The van der Waals surface area contributed by atoms with Crippen LogP contribution in [0.3, 0.4) is 0 Å². The molecule has 0 aliphatic heterocycles. The molecule has 0 aliphatic carbocycles. The highest BCUT2D eigenvalue weighted by molar-refractivity contribution is 7.94. The van der Waals surface area contributed by atoms with Crippen molar-refractivity contribution in [1.82, 2.24) is 9.97 Å². The molecule has 7 heteroatoms. The van der Waals surface area contributed by atoms with Gasteiger partial charge >= 0.3 is 0 Å². The lowest BCUT2D eigenvalue weighted by atomic mass is 10.1. The maximum Gasteiger partial charge on any atom is 0.240 e. The first-order valence-electron chi connectivity index (χ1n) is 8.44. The van der Waals surface area contributed by atoms with Crippen LogP contribution in [0.1, 0.15) is 20.8 Å². The Labute approximate surface area is 159 Å². The molecule has 0 unspecified atom stereocenters. The molecule has 0 fully saturated rings. The molecule has 0 amide bonds. The van der Waals surface area contributed by atoms with Crippen molar-refractivity contribution in [3.05, 3.63) is 66.7 Å². The molecule has 3 rings (SSSR count). The van der Waals surface area contributed by atoms with Crippen LogP contribution in [0.2, 0.25) is 0 Å². The molecule has 0 saturated carbocycles. The SMILES string of the molecule is CC(C)(C)S(=O)(=O)Nc1nc(Oc2ccccc2)cc(-c2ccccc2)n1. The third-order valence-electron chi connectivity index (χ3n) is 3.77. The van der Waals surface area contributed by atoms with E-state index in [0.29, 0.717) is 11.4 Å². The number of hydrogen-bond donors (Lipinski definition) is 1. The van der Waals surface area contributed by atoms with Crippen molar-refractivity contribution in [2.75, 3.05) is 4.72 Å². The number of nitrogens with zero attached hydrogens (tertiary/aromatic N) is 2. The lowest BCUT2D eigenvalue weighted by Gasteiger charge is -2.20. The summed E-state index contributed by atoms with van der Waals surface area (Å²) in [5.41, 5.74) is 1.39. The predicted octanol–water partition coefficient (Wildman–Crippen LogP) is 4.48. The molecular weight excluding hydrogens is 362 g/mol. The Morgan fingerprint density at radius 2 is 1.48 bits per heavy atom. The number of ether oxygens (including phenoxy) is 1. The fraction of sp³-hybridized carbons (Fsp3) is 0.200. The number of anilines is 1. The van der Waals surface area contributed by atoms with Crippen LogP contribution in [-0.2, 0) is 10.0 Å². The molecule has 2 aromatic carbocycles. The summed E-state index contributed by atoms with van der Waals surface area (Å²) in [6.45, 7) is 4.83. The van der Waals surface area contributed by atoms with E-state index in [0.717, 1.165) is 5.56 Å². The smallest absolute Gasteiger partial charge is 0.240 e. The normalized spacial score (nSPS) is 11.8. The van der Waals surface area contributed by atoms with Crippen LogP contribution in [0.5, 0.6) is 11.6 Å². The molecule has 0 radical (unpaired) electrons. The van der Waals surface area contributed by atoms with Gasteiger partial charge in [-0.05, 0) is 32.9 Å². The zero-order chi connectivity index (χ0) is 19.5. The summed E-state index contributed by atoms with van der Waals surface area (Å²) < 4.78 is 32.3. The van der Waals surface area contributed by atoms with Crippen molar-refractivity contribution in [1.29, 1.82) is 0 Å². The van der Waals surface area contributed by atoms with E-state index >= 15 is 0 Å². The van der Waals surface area contributed by atoms with E-state index in [2.05, 4.69) is 14.7 Å². The van der Waals surface area contributed by atoms with E-state index in [1.807, 2.05) is 48.5 Å². The van der Waals surface area contributed by atoms with Crippen LogP contribution in [0.4, 0.5) is 5.95 Å². The van der Waals surface area contributed by atoms with E-state index in [1.165, 1.54) is 0 Å². The zero-order valence-corrected chi connectivity index (χ0v) is 16.2. The van der Waals surface area contributed by atoms with Crippen molar-refractivity contribution in [2.24, 2.45) is 0 Å². The highest BCUT2D eigenvalue weighted by Gasteiger charge is 2.30. The van der Waals surface area contributed by atoms with Gasteiger partial charge < -0.3 is 4.74 Å². The highest BCUT2D eigenvalue weighted by Crippen LogP contribution is 2.27. The number of para-hydroxylation sites is 1. The summed E-state index contributed by atoms with van der Waals surface area (Å²) in [6, 6.07) is 20.3. The molecule has 0 saturated heterocycles. The van der Waals surface area contributed by atoms with E-state index in [1.54, 1.807) is 39.0 Å². The monoisotopic (exact) mass is 383 g/mol. The average Bonchev–Trinajstić information content (AvgIpc) is 2.62. The molecule has 0 atom stereocenters. The van der Waals surface area contributed by atoms with Crippen molar-refractivity contribution >= 4 is 16.0 Å². The zero-order valence-electron chi connectivity index (χ0n) is 15.4. The molecular formula is C20H21N3O3S. The lowest BCUT2D eigenvalue weighted by molar-refractivity contribution is 0.463. The second-order valence-electron chi connectivity index (χ2n) is 6.91. The van der Waals surface area contributed by atoms with Crippen LogP contribution in [-0.4, -0.2) is 23.1 Å². The molecule has 1 N–H and O–H groups in total. The Bertz CT molecular complexity index is 1020. The van der Waals surface area contributed by atoms with Crippen LogP contribution < -0.4 is 9.46 Å². The third kappa shape index (κ3) is 4.62. The summed E-state index contributed by atoms with van der Waals surface area (Å²) >= 11 is 0. The van der Waals surface area contributed by atoms with Gasteiger partial charge in [0.15, 0.2) is 0 Å². The summed E-state index contributed by atoms with van der Waals surface area (Å²) in [6.07, 6.45) is 0. The molecule has 0 spiro atoms. The average molecular weight is 383 g/mol. The van der Waals surface area contributed by atoms with E-state index < -0.39 is 14.8 Å². The number of benzene rings is 2. The van der Waals surface area contributed by atoms with Gasteiger partial charge in [-0.25, -0.2) is 13.4 Å². The molecule has 0 bridgehead atoms. The topological polar surface area (TPSA) is 81.2 Å². The lowest BCUT2D eigenvalue weighted by Crippen LogP contribution is -2.34. The van der Waals surface area contributed by atoms with Gasteiger partial charge in [-0.3, -0.25) is 4.72 Å². The Balaban J connectivity index is 2.03. The molecule has 27 heavy (non-hydrogen) atoms. The van der Waals surface area contributed by atoms with Crippen LogP contribution >= 0.6 is 0 Å². The standard InChI is InChI=1S/C20H21N3O3S/c1-20(2,3)27(24,25)23-19-21-17(15-10-6-4-7-11-15)14-18(22-19)26-16-12-8-5-9-13-16/h4-14H,1-3H3,(H,21,22,23). The number of aromatic nitrogens is 2. The summed E-state index contributed by atoms with van der Waals surface area (Å²) in [7, 11) is -3.67. The minimum Gasteiger partial charge on any atom is -0.439 e. The first-order valence-corrected chi connectivity index (χ1v) is 9.93. The van der Waals surface area contributed by atoms with Gasteiger partial charge in [0.2, 0.25) is 21.9 Å². The number of rotatable bonds is 5. The maximum atomic E-state index is 12.5. The molecule has 6 nitrogen and oxygen atoms in total. The van der Waals surface area contributed by atoms with E-state index in [4.69, 9.17) is 4.74 Å². The number of sulfonamides is 1. The Hall–Kier alpha value is -2.93. The largest absolute Gasteiger partial charge is 0.439 e. The van der Waals surface area contributed by atoms with E-state index in [9.17, 15) is 8.42 Å². The Kier molecular flexibility index (Phi) is 5.14. The molecule has 0 aliphatic rings. The van der Waals surface area contributed by atoms with Crippen LogP contribution in [0, 0.1) is 0 Å². The third-order valence-corrected chi connectivity index (χ3v) is 5.83. The predicted molar refractivity (Wildman–Crippen MR) is 106 cm³/mol. The van der Waals surface area contributed by atoms with Gasteiger partial charge in [-0.1, -0.05) is 48.5 Å². The van der Waals surface area contributed by atoms with E-state index in [-0.39, 0.29) is 11.8 Å². The molecule has 1 aromatic heterocycles. The van der Waals surface area contributed by atoms with Gasteiger partial charge in [0, 0.05) is 11.6 Å². The van der Waals surface area contributed by atoms with Crippen molar-refractivity contribution in [3.8, 4) is 22.9 Å². The summed E-state index contributed by atoms with van der Waals surface area (Å²) in [5, 5.41) is 0. The fourth-order valence-corrected chi connectivity index (χ4v) is 2.80. The quantitative estimate of drug-likeness (QED) is 0.703. The van der Waals surface area contributed by atoms with Gasteiger partial charge in [0.1, 0.15) is 5.75 Å². The first kappa shape index (κ1) is 18.8. The first-order chi connectivity index (χ1) is 12.7. The van der Waals surface area contributed by atoms with Gasteiger partial charge in [-0.2, -0.15) is 4.98 Å². The van der Waals surface area contributed by atoms with Gasteiger partial charge in [-0.15, -0.1) is 0 Å². The van der Waals surface area contributed by atoms with Crippen molar-refractivity contribution in [2.45, 2.75) is 25.5 Å². The minimum absolute atomic E-state index is 0.0304. The minimum atomic E-state index is -3.67. The molecule has 140 valence electrons. The van der Waals surface area contributed by atoms with Gasteiger partial charge in [0.05, 0.1) is 10.4 Å². The molecule has 1 heterocycles. The highest BCUT2D eigenvalue weighted by atomic mass is 32.2. The van der Waals surface area contributed by atoms with Crippen LogP contribution in [0.15, 0.2) is 66.7 Å². The molecule has 3 aromatic rings. The van der Waals surface area contributed by atoms with Gasteiger partial charge in [0.25, 0.3) is 0 Å². The maximum absolute atomic E-state index is 12.5. The second-order valence-corrected chi connectivity index (χ2v) is 9.35. The van der Waals surface area contributed by atoms with Crippen molar-refractivity contribution in [3.63, 3.8) is 0 Å². The fourth-order valence-electron chi connectivity index (χ4n) is 2.16. The Morgan fingerprint density at radius 3 is 2.07 bits per heavy atom. The van der Waals surface area contributed by atoms with Crippen molar-refractivity contribution < 1.29 is 13.2 Å². The Morgan fingerprint density at radius 1 is 0.889 bits per heavy atom. The number of nitrogens with one attached hydrogen (secondary N) is 1. The van der Waals surface area contributed by atoms with Crippen LogP contribution in [0.25, 0.3) is 11.3 Å². The number of hydrogen-bond acceptors (Lipinski definition) is 5. The summed E-state index contributed by atoms with van der Waals surface area (Å²) in [4.78, 5) is 8.59. The second kappa shape index (κ2) is 7.36.